The van der Waals surface area contributed by atoms with Crippen LogP contribution in [0.15, 0.2) is 73.8 Å². The van der Waals surface area contributed by atoms with E-state index in [0.717, 1.165) is 85.0 Å². The van der Waals surface area contributed by atoms with Crippen LogP contribution in [0.25, 0.3) is 31.5 Å². The minimum Gasteiger partial charge on any atom is -0.481 e. The molecule has 1 aliphatic heterocycles. The van der Waals surface area contributed by atoms with E-state index in [1.54, 1.807) is 52.2 Å². The molecule has 3 aliphatic rings. The fourth-order valence-electron chi connectivity index (χ4n) is 8.75. The number of thiophene rings is 2. The minimum atomic E-state index is -0.716. The van der Waals surface area contributed by atoms with Crippen molar-refractivity contribution in [2.45, 2.75) is 64.5 Å². The molecule has 9 heterocycles. The number of carbonyl (C=O) groups excluding carboxylic acids is 1. The molecule has 15 nitrogen and oxygen atoms in total. The van der Waals surface area contributed by atoms with Crippen molar-refractivity contribution in [1.29, 1.82) is 0 Å². The van der Waals surface area contributed by atoms with E-state index in [1.165, 1.54) is 16.0 Å². The summed E-state index contributed by atoms with van der Waals surface area (Å²) in [6.07, 6.45) is 15.0. The molecule has 0 aromatic carbocycles. The Kier molecular flexibility index (Phi) is 9.65. The SMILES string of the molecule is C[C@@H]1COC[C@H](C)N1C(=O)[C@H]1CCc2c(sc3ncnc(Nc4ccn5nccc5c4)c23)C1.O=C(O)[C@H]1CCc2c(sc3ncnc(Nc4ccn5nccc5c4)c23)C1. The number of carboxylic acids is 1. The second-order valence-corrected chi connectivity index (χ2v) is 17.7. The van der Waals surface area contributed by atoms with E-state index in [2.05, 4.69) is 60.7 Å². The van der Waals surface area contributed by atoms with Crippen molar-refractivity contribution in [2.24, 2.45) is 11.8 Å². The number of ether oxygens (including phenoxy) is 1. The van der Waals surface area contributed by atoms with Crippen LogP contribution in [-0.2, 0) is 40.0 Å². The summed E-state index contributed by atoms with van der Waals surface area (Å²) in [5.41, 5.74) is 6.38. The third kappa shape index (κ3) is 7.02. The number of nitrogens with one attached hydrogen (secondary N) is 2. The smallest absolute Gasteiger partial charge is 0.306 e. The summed E-state index contributed by atoms with van der Waals surface area (Å²) in [4.78, 5) is 49.0. The number of amides is 1. The Bertz CT molecular complexity index is 2870. The number of rotatable bonds is 6. The van der Waals surface area contributed by atoms with Crippen molar-refractivity contribution in [3.8, 4) is 0 Å². The van der Waals surface area contributed by atoms with Gasteiger partial charge in [-0.2, -0.15) is 10.2 Å². The van der Waals surface area contributed by atoms with E-state index >= 15 is 0 Å². The molecule has 3 N–H and O–H groups in total. The van der Waals surface area contributed by atoms with E-state index in [0.29, 0.717) is 26.1 Å². The first-order valence-electron chi connectivity index (χ1n) is 19.8. The van der Waals surface area contributed by atoms with Crippen molar-refractivity contribution < 1.29 is 19.4 Å². The number of pyridine rings is 2. The molecular weight excluding hydrogens is 787 g/mol. The zero-order chi connectivity index (χ0) is 40.2. The van der Waals surface area contributed by atoms with Gasteiger partial charge in [0, 0.05) is 51.8 Å². The highest BCUT2D eigenvalue weighted by Crippen LogP contribution is 2.42. The Labute approximate surface area is 346 Å². The number of anilines is 4. The second-order valence-electron chi connectivity index (χ2n) is 15.5. The summed E-state index contributed by atoms with van der Waals surface area (Å²) in [5, 5.41) is 26.8. The maximum Gasteiger partial charge on any atom is 0.306 e. The van der Waals surface area contributed by atoms with Crippen LogP contribution in [0.3, 0.4) is 0 Å². The van der Waals surface area contributed by atoms with Gasteiger partial charge in [-0.3, -0.25) is 9.59 Å². The van der Waals surface area contributed by atoms with Gasteiger partial charge in [0.2, 0.25) is 5.91 Å². The molecule has 2 aliphatic carbocycles. The zero-order valence-electron chi connectivity index (χ0n) is 32.4. The van der Waals surface area contributed by atoms with Gasteiger partial charge in [-0.15, -0.1) is 22.7 Å². The van der Waals surface area contributed by atoms with E-state index in [1.807, 2.05) is 52.1 Å². The van der Waals surface area contributed by atoms with Gasteiger partial charge >= 0.3 is 5.97 Å². The largest absolute Gasteiger partial charge is 0.481 e. The second kappa shape index (κ2) is 15.3. The number of hydrogen-bond donors (Lipinski definition) is 3. The van der Waals surface area contributed by atoms with E-state index < -0.39 is 5.97 Å². The molecular formula is C42H41N11O4S2. The number of nitrogens with zero attached hydrogens (tertiary/aromatic N) is 9. The number of carboxylic acid groups (broad SMARTS) is 1. The monoisotopic (exact) mass is 827 g/mol. The summed E-state index contributed by atoms with van der Waals surface area (Å²) in [7, 11) is 0. The van der Waals surface area contributed by atoms with Crippen LogP contribution < -0.4 is 10.6 Å². The molecule has 11 rings (SSSR count). The maximum atomic E-state index is 13.4. The number of aromatic nitrogens is 8. The molecule has 0 saturated carbocycles. The van der Waals surface area contributed by atoms with Crippen molar-refractivity contribution in [1.82, 2.24) is 44.1 Å². The summed E-state index contributed by atoms with van der Waals surface area (Å²) < 4.78 is 9.26. The van der Waals surface area contributed by atoms with Crippen LogP contribution in [0.2, 0.25) is 0 Å². The third-order valence-electron chi connectivity index (χ3n) is 11.6. The molecule has 300 valence electrons. The quantitative estimate of drug-likeness (QED) is 0.155. The molecule has 8 aromatic rings. The van der Waals surface area contributed by atoms with E-state index in [4.69, 9.17) is 4.74 Å². The highest BCUT2D eigenvalue weighted by molar-refractivity contribution is 7.19. The number of hydrogen-bond acceptors (Lipinski definition) is 13. The van der Waals surface area contributed by atoms with Crippen LogP contribution in [-0.4, -0.2) is 86.3 Å². The van der Waals surface area contributed by atoms with Crippen LogP contribution in [0, 0.1) is 11.8 Å². The van der Waals surface area contributed by atoms with Gasteiger partial charge in [-0.05, 0) is 99.9 Å². The summed E-state index contributed by atoms with van der Waals surface area (Å²) in [5.74, 6) is 0.852. The Morgan fingerprint density at radius 1 is 0.729 bits per heavy atom. The van der Waals surface area contributed by atoms with Gasteiger partial charge < -0.3 is 25.4 Å². The molecule has 8 aromatic heterocycles. The lowest BCUT2D eigenvalue weighted by atomic mass is 9.86. The average Bonchev–Trinajstić information content (AvgIpc) is 4.05. The highest BCUT2D eigenvalue weighted by atomic mass is 32.1. The molecule has 0 spiro atoms. The molecule has 1 amide bonds. The van der Waals surface area contributed by atoms with Crippen LogP contribution in [0.5, 0.6) is 0 Å². The summed E-state index contributed by atoms with van der Waals surface area (Å²) in [6, 6.07) is 12.2. The number of aryl methyl sites for hydroxylation is 2. The summed E-state index contributed by atoms with van der Waals surface area (Å²) >= 11 is 3.28. The third-order valence-corrected chi connectivity index (χ3v) is 14.0. The van der Waals surface area contributed by atoms with Crippen LogP contribution >= 0.6 is 22.7 Å². The first-order chi connectivity index (χ1) is 28.8. The Hall–Kier alpha value is -6.04. The topological polar surface area (TPSA) is 177 Å². The van der Waals surface area contributed by atoms with Crippen molar-refractivity contribution >= 4 is 89.0 Å². The Morgan fingerprint density at radius 2 is 1.24 bits per heavy atom. The fourth-order valence-corrected chi connectivity index (χ4v) is 11.3. The van der Waals surface area contributed by atoms with Crippen LogP contribution in [0.4, 0.5) is 23.0 Å². The van der Waals surface area contributed by atoms with Gasteiger partial charge in [-0.1, -0.05) is 0 Å². The van der Waals surface area contributed by atoms with Gasteiger partial charge in [-0.25, -0.2) is 29.0 Å². The number of morpholine rings is 1. The standard InChI is InChI=1S/C24H26N6O2S.C18H15N5O2S/c1-14-11-32-12-15(2)30(14)24(31)16-3-4-19-20(9-16)33-23-21(19)22(25-13-26-23)28-17-6-8-29-18(10-17)5-7-27-29;24-18(25)10-1-2-13-14(7-10)26-17-15(13)16(19-9-20-17)22-11-4-6-23-12(8-11)3-5-21-23/h5-8,10,13-16H,3-4,9,11-12H2,1-2H3,(H,25,26,28);3-6,8-10H,1-2,7H2,(H,24,25)(H,19,20,22)/t14-,15+,16-;10-/m00/s1. The lowest BCUT2D eigenvalue weighted by Crippen LogP contribution is -2.54. The highest BCUT2D eigenvalue weighted by Gasteiger charge is 2.37. The Balaban J connectivity index is 0.000000147. The molecule has 1 fully saturated rings. The molecule has 0 unspecified atom stereocenters. The molecule has 59 heavy (non-hydrogen) atoms. The lowest BCUT2D eigenvalue weighted by Gasteiger charge is -2.41. The summed E-state index contributed by atoms with van der Waals surface area (Å²) in [6.45, 7) is 5.39. The van der Waals surface area contributed by atoms with Gasteiger partial charge in [0.1, 0.15) is 34.0 Å². The normalized spacial score (nSPS) is 20.3. The van der Waals surface area contributed by atoms with Gasteiger partial charge in [0.25, 0.3) is 0 Å². The van der Waals surface area contributed by atoms with Crippen molar-refractivity contribution in [3.05, 3.63) is 94.7 Å². The zero-order valence-corrected chi connectivity index (χ0v) is 34.0. The van der Waals surface area contributed by atoms with Crippen molar-refractivity contribution in [2.75, 3.05) is 23.8 Å². The lowest BCUT2D eigenvalue weighted by molar-refractivity contribution is -0.149. The van der Waals surface area contributed by atoms with Crippen LogP contribution in [0.1, 0.15) is 47.6 Å². The molecule has 4 atom stereocenters. The molecule has 1 saturated heterocycles. The number of carbonyl (C=O) groups is 2. The molecule has 0 radical (unpaired) electrons. The molecule has 0 bridgehead atoms. The number of aliphatic carboxylic acids is 1. The number of fused-ring (bicyclic) bond motifs is 8. The average molecular weight is 828 g/mol. The minimum absolute atomic E-state index is 0.0159. The van der Waals surface area contributed by atoms with E-state index in [9.17, 15) is 14.7 Å². The molecule has 17 heteroatoms. The fraction of sp³-hybridized carbons (Fsp3) is 0.333. The predicted molar refractivity (Wildman–Crippen MR) is 227 cm³/mol. The van der Waals surface area contributed by atoms with Gasteiger partial charge in [0.15, 0.2) is 0 Å². The Morgan fingerprint density at radius 3 is 1.76 bits per heavy atom. The van der Waals surface area contributed by atoms with Crippen molar-refractivity contribution in [3.63, 3.8) is 0 Å². The first kappa shape index (κ1) is 37.2. The predicted octanol–water partition coefficient (Wildman–Crippen LogP) is 7.10. The van der Waals surface area contributed by atoms with E-state index in [-0.39, 0.29) is 29.8 Å². The van der Waals surface area contributed by atoms with Gasteiger partial charge in [0.05, 0.1) is 53.0 Å². The maximum absolute atomic E-state index is 13.4. The first-order valence-corrected chi connectivity index (χ1v) is 21.4.